The summed E-state index contributed by atoms with van der Waals surface area (Å²) in [5.74, 6) is 5.18. The molecule has 1 aromatic carbocycles. The van der Waals surface area contributed by atoms with Crippen molar-refractivity contribution in [3.05, 3.63) is 54.4 Å². The minimum atomic E-state index is -4.05. The quantitative estimate of drug-likeness (QED) is 0.500. The number of sulfone groups is 1. The lowest BCUT2D eigenvalue weighted by Crippen LogP contribution is -2.47. The predicted octanol–water partition coefficient (Wildman–Crippen LogP) is 2.82. The van der Waals surface area contributed by atoms with Crippen LogP contribution in [-0.2, 0) is 25.8 Å². The number of ether oxygens (including phenoxy) is 2. The van der Waals surface area contributed by atoms with E-state index < -0.39 is 20.6 Å². The third kappa shape index (κ3) is 4.70. The van der Waals surface area contributed by atoms with Gasteiger partial charge in [-0.1, -0.05) is 12.0 Å². The molecular weight excluding hydrogens is 378 g/mol. The van der Waals surface area contributed by atoms with Gasteiger partial charge in [-0.2, -0.15) is 0 Å². The molecule has 0 fully saturated rings. The molecule has 0 radical (unpaired) electrons. The van der Waals surface area contributed by atoms with Gasteiger partial charge >= 0.3 is 5.97 Å². The van der Waals surface area contributed by atoms with Crippen LogP contribution in [0.1, 0.15) is 26.3 Å². The van der Waals surface area contributed by atoms with Crippen molar-refractivity contribution in [1.29, 1.82) is 0 Å². The molecule has 148 valence electrons. The van der Waals surface area contributed by atoms with Crippen LogP contribution in [0.3, 0.4) is 0 Å². The fraction of sp³-hybridized carbons (Fsp3) is 0.333. The standard InChI is InChI=1S/C21H23NO5S/c1-4-6-14-27-18-9-11-19(12-10-18)28(24,25)21(3,20(23)26-5-2)15-17-8-7-13-22-16-17/h7-13,16H,5,14-15H2,1-3H3. The molecule has 28 heavy (non-hydrogen) atoms. The number of pyridine rings is 1. The monoisotopic (exact) mass is 401 g/mol. The van der Waals surface area contributed by atoms with Crippen LogP contribution in [0.25, 0.3) is 0 Å². The Balaban J connectivity index is 2.39. The van der Waals surface area contributed by atoms with Gasteiger partial charge in [-0.25, -0.2) is 8.42 Å². The van der Waals surface area contributed by atoms with Gasteiger partial charge in [-0.15, -0.1) is 5.92 Å². The highest BCUT2D eigenvalue weighted by molar-refractivity contribution is 7.93. The number of nitrogens with zero attached hydrogens (tertiary/aromatic N) is 1. The lowest BCUT2D eigenvalue weighted by atomic mass is 10.0. The van der Waals surface area contributed by atoms with Crippen LogP contribution in [0.2, 0.25) is 0 Å². The van der Waals surface area contributed by atoms with Gasteiger partial charge in [0.1, 0.15) is 12.4 Å². The van der Waals surface area contributed by atoms with Gasteiger partial charge in [0, 0.05) is 18.8 Å². The summed E-state index contributed by atoms with van der Waals surface area (Å²) in [7, 11) is -4.05. The van der Waals surface area contributed by atoms with E-state index in [0.29, 0.717) is 11.3 Å². The number of benzene rings is 1. The number of esters is 1. The molecule has 0 spiro atoms. The first-order valence-corrected chi connectivity index (χ1v) is 10.3. The SMILES string of the molecule is CC#CCOc1ccc(S(=O)(=O)C(C)(Cc2cccnc2)C(=O)OCC)cc1. The van der Waals surface area contributed by atoms with E-state index in [4.69, 9.17) is 9.47 Å². The Kier molecular flexibility index (Phi) is 7.18. The Labute approximate surface area is 165 Å². The minimum absolute atomic E-state index is 0.0147. The molecule has 1 atom stereocenters. The molecule has 1 heterocycles. The van der Waals surface area contributed by atoms with E-state index in [0.717, 1.165) is 0 Å². The number of hydrogen-bond donors (Lipinski definition) is 0. The first kappa shape index (κ1) is 21.5. The van der Waals surface area contributed by atoms with Gasteiger partial charge in [0.2, 0.25) is 0 Å². The molecule has 0 amide bonds. The molecule has 6 nitrogen and oxygen atoms in total. The van der Waals surface area contributed by atoms with Crippen molar-refractivity contribution in [1.82, 2.24) is 4.98 Å². The first-order chi connectivity index (χ1) is 13.3. The highest BCUT2D eigenvalue weighted by Crippen LogP contribution is 2.31. The average molecular weight is 401 g/mol. The maximum absolute atomic E-state index is 13.4. The average Bonchev–Trinajstić information content (AvgIpc) is 2.69. The van der Waals surface area contributed by atoms with E-state index in [1.807, 2.05) is 0 Å². The first-order valence-electron chi connectivity index (χ1n) is 8.78. The minimum Gasteiger partial charge on any atom is -0.481 e. The molecule has 1 aromatic heterocycles. The van der Waals surface area contributed by atoms with Crippen LogP contribution in [0.5, 0.6) is 5.75 Å². The molecule has 2 aromatic rings. The number of aromatic nitrogens is 1. The maximum Gasteiger partial charge on any atom is 0.327 e. The van der Waals surface area contributed by atoms with Crippen LogP contribution in [-0.4, -0.2) is 37.3 Å². The number of carbonyl (C=O) groups is 1. The Hall–Kier alpha value is -2.85. The van der Waals surface area contributed by atoms with E-state index in [1.54, 1.807) is 50.5 Å². The van der Waals surface area contributed by atoms with Crippen molar-refractivity contribution in [2.75, 3.05) is 13.2 Å². The Morgan fingerprint density at radius 3 is 2.50 bits per heavy atom. The van der Waals surface area contributed by atoms with Crippen LogP contribution in [0, 0.1) is 11.8 Å². The molecule has 0 bridgehead atoms. The van der Waals surface area contributed by atoms with E-state index in [-0.39, 0.29) is 24.5 Å². The summed E-state index contributed by atoms with van der Waals surface area (Å²) in [5, 5.41) is 0. The molecule has 0 N–H and O–H groups in total. The second-order valence-corrected chi connectivity index (χ2v) is 8.56. The van der Waals surface area contributed by atoms with Crippen LogP contribution >= 0.6 is 0 Å². The van der Waals surface area contributed by atoms with Gasteiger partial charge < -0.3 is 9.47 Å². The Bertz CT molecular complexity index is 959. The number of rotatable bonds is 8. The summed E-state index contributed by atoms with van der Waals surface area (Å²) in [6, 6.07) is 9.35. The van der Waals surface area contributed by atoms with Gasteiger partial charge in [-0.05, 0) is 56.7 Å². The lowest BCUT2D eigenvalue weighted by Gasteiger charge is -2.27. The fourth-order valence-corrected chi connectivity index (χ4v) is 4.27. The Morgan fingerprint density at radius 1 is 1.21 bits per heavy atom. The second kappa shape index (κ2) is 9.38. The zero-order valence-electron chi connectivity index (χ0n) is 16.1. The number of carbonyl (C=O) groups excluding carboxylic acids is 1. The summed E-state index contributed by atoms with van der Waals surface area (Å²) in [6.07, 6.45) is 3.08. The molecule has 0 saturated heterocycles. The molecule has 1 unspecified atom stereocenters. The summed E-state index contributed by atoms with van der Waals surface area (Å²) in [5.41, 5.74) is 0.625. The summed E-state index contributed by atoms with van der Waals surface area (Å²) < 4.78 is 35.4. The second-order valence-electron chi connectivity index (χ2n) is 6.18. The van der Waals surface area contributed by atoms with Crippen molar-refractivity contribution < 1.29 is 22.7 Å². The topological polar surface area (TPSA) is 82.6 Å². The Morgan fingerprint density at radius 2 is 1.93 bits per heavy atom. The highest BCUT2D eigenvalue weighted by atomic mass is 32.2. The van der Waals surface area contributed by atoms with E-state index in [9.17, 15) is 13.2 Å². The third-order valence-electron chi connectivity index (χ3n) is 4.19. The molecule has 0 aliphatic carbocycles. The van der Waals surface area contributed by atoms with Crippen LogP contribution in [0.15, 0.2) is 53.7 Å². The highest BCUT2D eigenvalue weighted by Gasteiger charge is 2.48. The van der Waals surface area contributed by atoms with E-state index in [2.05, 4.69) is 16.8 Å². The van der Waals surface area contributed by atoms with Crippen molar-refractivity contribution in [2.24, 2.45) is 0 Å². The molecular formula is C21H23NO5S. The number of hydrogen-bond acceptors (Lipinski definition) is 6. The third-order valence-corrected chi connectivity index (χ3v) is 6.58. The van der Waals surface area contributed by atoms with Gasteiger partial charge in [0.05, 0.1) is 11.5 Å². The van der Waals surface area contributed by atoms with E-state index in [1.165, 1.54) is 19.1 Å². The lowest BCUT2D eigenvalue weighted by molar-refractivity contribution is -0.145. The summed E-state index contributed by atoms with van der Waals surface area (Å²) in [4.78, 5) is 16.7. The van der Waals surface area contributed by atoms with Crippen LogP contribution in [0.4, 0.5) is 0 Å². The predicted molar refractivity (Wildman–Crippen MR) is 106 cm³/mol. The summed E-state index contributed by atoms with van der Waals surface area (Å²) >= 11 is 0. The van der Waals surface area contributed by atoms with Gasteiger partial charge in [0.15, 0.2) is 14.6 Å². The maximum atomic E-state index is 13.4. The van der Waals surface area contributed by atoms with Crippen molar-refractivity contribution in [2.45, 2.75) is 36.8 Å². The fourth-order valence-electron chi connectivity index (χ4n) is 2.62. The molecule has 7 heteroatoms. The van der Waals surface area contributed by atoms with Gasteiger partial charge in [0.25, 0.3) is 0 Å². The van der Waals surface area contributed by atoms with Crippen LogP contribution < -0.4 is 4.74 Å². The van der Waals surface area contributed by atoms with Crippen molar-refractivity contribution in [3.63, 3.8) is 0 Å². The molecule has 0 aliphatic heterocycles. The largest absolute Gasteiger partial charge is 0.481 e. The summed E-state index contributed by atoms with van der Waals surface area (Å²) in [6.45, 7) is 5.03. The smallest absolute Gasteiger partial charge is 0.327 e. The zero-order chi connectivity index (χ0) is 20.6. The van der Waals surface area contributed by atoms with E-state index >= 15 is 0 Å². The zero-order valence-corrected chi connectivity index (χ0v) is 17.0. The normalized spacial score (nSPS) is 13.0. The van der Waals surface area contributed by atoms with Crippen molar-refractivity contribution in [3.8, 4) is 17.6 Å². The molecule has 0 aliphatic rings. The van der Waals surface area contributed by atoms with Gasteiger partial charge in [-0.3, -0.25) is 9.78 Å². The molecule has 0 saturated carbocycles. The van der Waals surface area contributed by atoms with Crippen molar-refractivity contribution >= 4 is 15.8 Å². The molecule has 2 rings (SSSR count).